The number of aryl methyl sites for hydroxylation is 2. The average Bonchev–Trinajstić information content (AvgIpc) is 2.85. The van der Waals surface area contributed by atoms with Gasteiger partial charge in [0.25, 0.3) is 0 Å². The van der Waals surface area contributed by atoms with Gasteiger partial charge in [-0.1, -0.05) is 32.9 Å². The zero-order valence-corrected chi connectivity index (χ0v) is 13.2. The fraction of sp³-hybridized carbons (Fsp3) is 0.500. The molecule has 0 aromatic heterocycles. The molecule has 0 saturated carbocycles. The molecule has 0 unspecified atom stereocenters. The summed E-state index contributed by atoms with van der Waals surface area (Å²) < 4.78 is 5.36. The monoisotopic (exact) mass is 272 g/mol. The standard InChI is InChI=1S/C18H24O2/c1-12-9-14(18(3,4)5)10-13(2)15(12)11-16(19)17-7-6-8-20-17/h7,9-10H,6,8,11H2,1-5H3. The average molecular weight is 272 g/mol. The molecule has 108 valence electrons. The van der Waals surface area contributed by atoms with Crippen LogP contribution in [0.1, 0.15) is 49.4 Å². The Labute approximate surface area is 121 Å². The van der Waals surface area contributed by atoms with Gasteiger partial charge in [0.2, 0.25) is 5.78 Å². The maximum Gasteiger partial charge on any atom is 0.201 e. The summed E-state index contributed by atoms with van der Waals surface area (Å²) in [6, 6.07) is 4.42. The molecule has 1 aromatic carbocycles. The molecule has 20 heavy (non-hydrogen) atoms. The first-order chi connectivity index (χ1) is 9.29. The number of carbonyl (C=O) groups excluding carboxylic acids is 1. The fourth-order valence-corrected chi connectivity index (χ4v) is 2.57. The summed E-state index contributed by atoms with van der Waals surface area (Å²) in [5, 5.41) is 0. The van der Waals surface area contributed by atoms with Crippen LogP contribution in [0.5, 0.6) is 0 Å². The molecule has 0 amide bonds. The number of ketones is 1. The molecule has 0 saturated heterocycles. The lowest BCUT2D eigenvalue weighted by atomic mass is 9.83. The van der Waals surface area contributed by atoms with Gasteiger partial charge in [0, 0.05) is 12.8 Å². The normalized spacial score (nSPS) is 14.9. The Bertz CT molecular complexity index is 536. The van der Waals surface area contributed by atoms with Crippen molar-refractivity contribution in [1.82, 2.24) is 0 Å². The number of benzene rings is 1. The van der Waals surface area contributed by atoms with Crippen molar-refractivity contribution >= 4 is 5.78 Å². The number of carbonyl (C=O) groups is 1. The van der Waals surface area contributed by atoms with Crippen LogP contribution in [0.25, 0.3) is 0 Å². The van der Waals surface area contributed by atoms with E-state index in [4.69, 9.17) is 4.74 Å². The van der Waals surface area contributed by atoms with E-state index in [1.54, 1.807) is 0 Å². The van der Waals surface area contributed by atoms with Gasteiger partial charge in [0.1, 0.15) is 0 Å². The summed E-state index contributed by atoms with van der Waals surface area (Å²) in [4.78, 5) is 12.2. The van der Waals surface area contributed by atoms with E-state index < -0.39 is 0 Å². The number of Topliss-reactive ketones (excluding diaryl/α,β-unsaturated/α-hetero) is 1. The molecular weight excluding hydrogens is 248 g/mol. The first kappa shape index (κ1) is 14.8. The molecule has 0 atom stereocenters. The number of hydrogen-bond acceptors (Lipinski definition) is 2. The van der Waals surface area contributed by atoms with Gasteiger partial charge in [0.15, 0.2) is 5.76 Å². The molecule has 1 aliphatic rings. The lowest BCUT2D eigenvalue weighted by Crippen LogP contribution is -2.14. The fourth-order valence-electron chi connectivity index (χ4n) is 2.57. The van der Waals surface area contributed by atoms with Crippen LogP contribution >= 0.6 is 0 Å². The van der Waals surface area contributed by atoms with Crippen molar-refractivity contribution in [2.24, 2.45) is 0 Å². The molecule has 0 spiro atoms. The molecule has 2 heteroatoms. The van der Waals surface area contributed by atoms with Crippen LogP contribution in [-0.2, 0) is 21.4 Å². The predicted octanol–water partition coefficient (Wildman–Crippen LogP) is 4.02. The van der Waals surface area contributed by atoms with Gasteiger partial charge in [-0.25, -0.2) is 0 Å². The van der Waals surface area contributed by atoms with E-state index in [-0.39, 0.29) is 11.2 Å². The van der Waals surface area contributed by atoms with Gasteiger partial charge >= 0.3 is 0 Å². The maximum absolute atomic E-state index is 12.2. The van der Waals surface area contributed by atoms with E-state index >= 15 is 0 Å². The topological polar surface area (TPSA) is 26.3 Å². The van der Waals surface area contributed by atoms with Gasteiger partial charge in [-0.05, 0) is 47.6 Å². The number of allylic oxidation sites excluding steroid dienone is 1. The molecule has 2 rings (SSSR count). The van der Waals surface area contributed by atoms with Crippen molar-refractivity contribution < 1.29 is 9.53 Å². The predicted molar refractivity (Wildman–Crippen MR) is 82.0 cm³/mol. The molecular formula is C18H24O2. The van der Waals surface area contributed by atoms with Crippen molar-refractivity contribution in [3.8, 4) is 0 Å². The van der Waals surface area contributed by atoms with Gasteiger partial charge < -0.3 is 4.74 Å². The highest BCUT2D eigenvalue weighted by Gasteiger charge is 2.20. The van der Waals surface area contributed by atoms with Crippen LogP contribution in [0, 0.1) is 13.8 Å². The second-order valence-electron chi connectivity index (χ2n) is 6.64. The quantitative estimate of drug-likeness (QED) is 0.831. The van der Waals surface area contributed by atoms with Crippen molar-refractivity contribution in [3.63, 3.8) is 0 Å². The lowest BCUT2D eigenvalue weighted by molar-refractivity contribution is -0.117. The number of hydrogen-bond donors (Lipinski definition) is 0. The van der Waals surface area contributed by atoms with Gasteiger partial charge in [-0.2, -0.15) is 0 Å². The number of ether oxygens (including phenoxy) is 1. The van der Waals surface area contributed by atoms with E-state index in [1.165, 1.54) is 16.7 Å². The van der Waals surface area contributed by atoms with E-state index in [1.807, 2.05) is 6.08 Å². The minimum Gasteiger partial charge on any atom is -0.490 e. The molecule has 2 nitrogen and oxygen atoms in total. The molecule has 0 N–H and O–H groups in total. The minimum absolute atomic E-state index is 0.0946. The lowest BCUT2D eigenvalue weighted by Gasteiger charge is -2.22. The molecule has 1 heterocycles. The molecule has 0 fully saturated rings. The van der Waals surface area contributed by atoms with Gasteiger partial charge in [0.05, 0.1) is 6.61 Å². The van der Waals surface area contributed by atoms with Crippen molar-refractivity contribution in [2.75, 3.05) is 6.61 Å². The maximum atomic E-state index is 12.2. The van der Waals surface area contributed by atoms with Gasteiger partial charge in [-0.3, -0.25) is 4.79 Å². The van der Waals surface area contributed by atoms with Crippen LogP contribution in [-0.4, -0.2) is 12.4 Å². The molecule has 1 aromatic rings. The third-order valence-corrected chi connectivity index (χ3v) is 3.88. The second kappa shape index (κ2) is 5.43. The van der Waals surface area contributed by atoms with Crippen LogP contribution in [0.4, 0.5) is 0 Å². The largest absolute Gasteiger partial charge is 0.490 e. The van der Waals surface area contributed by atoms with Gasteiger partial charge in [-0.15, -0.1) is 0 Å². The minimum atomic E-state index is 0.0946. The van der Waals surface area contributed by atoms with Crippen LogP contribution in [0.3, 0.4) is 0 Å². The Morgan fingerprint density at radius 2 is 1.80 bits per heavy atom. The summed E-state index contributed by atoms with van der Waals surface area (Å²) in [6.45, 7) is 11.5. The third-order valence-electron chi connectivity index (χ3n) is 3.88. The molecule has 0 bridgehead atoms. The van der Waals surface area contributed by atoms with E-state index in [0.717, 1.165) is 12.0 Å². The number of rotatable bonds is 3. The van der Waals surface area contributed by atoms with E-state index in [2.05, 4.69) is 46.8 Å². The Balaban J connectivity index is 2.27. The Morgan fingerprint density at radius 3 is 2.25 bits per heavy atom. The first-order valence-electron chi connectivity index (χ1n) is 7.26. The summed E-state index contributed by atoms with van der Waals surface area (Å²) in [5.41, 5.74) is 4.98. The molecule has 0 aliphatic carbocycles. The van der Waals surface area contributed by atoms with Crippen molar-refractivity contribution in [1.29, 1.82) is 0 Å². The van der Waals surface area contributed by atoms with Crippen molar-refractivity contribution in [3.05, 3.63) is 46.2 Å². The van der Waals surface area contributed by atoms with Crippen LogP contribution in [0.2, 0.25) is 0 Å². The zero-order valence-electron chi connectivity index (χ0n) is 13.2. The van der Waals surface area contributed by atoms with E-state index in [9.17, 15) is 4.79 Å². The Hall–Kier alpha value is -1.57. The highest BCUT2D eigenvalue weighted by Crippen LogP contribution is 2.27. The highest BCUT2D eigenvalue weighted by atomic mass is 16.5. The molecule has 1 aliphatic heterocycles. The van der Waals surface area contributed by atoms with Crippen LogP contribution in [0.15, 0.2) is 24.0 Å². The van der Waals surface area contributed by atoms with Crippen LogP contribution < -0.4 is 0 Å². The SMILES string of the molecule is Cc1cc(C(C)(C)C)cc(C)c1CC(=O)C1=CCCO1. The summed E-state index contributed by atoms with van der Waals surface area (Å²) in [5.74, 6) is 0.640. The first-order valence-corrected chi connectivity index (χ1v) is 7.26. The summed E-state index contributed by atoms with van der Waals surface area (Å²) in [6.07, 6.45) is 3.19. The Kier molecular flexibility index (Phi) is 4.03. The molecule has 0 radical (unpaired) electrons. The third kappa shape index (κ3) is 3.12. The highest BCUT2D eigenvalue weighted by molar-refractivity contribution is 5.95. The summed E-state index contributed by atoms with van der Waals surface area (Å²) in [7, 11) is 0. The Morgan fingerprint density at radius 1 is 1.20 bits per heavy atom. The van der Waals surface area contributed by atoms with E-state index in [0.29, 0.717) is 18.8 Å². The summed E-state index contributed by atoms with van der Waals surface area (Å²) >= 11 is 0. The zero-order chi connectivity index (χ0) is 14.9. The second-order valence-corrected chi connectivity index (χ2v) is 6.64. The smallest absolute Gasteiger partial charge is 0.201 e. The van der Waals surface area contributed by atoms with Crippen molar-refractivity contribution in [2.45, 2.75) is 52.9 Å².